The van der Waals surface area contributed by atoms with Crippen molar-refractivity contribution in [3.63, 3.8) is 0 Å². The van der Waals surface area contributed by atoms with Crippen LogP contribution in [0.2, 0.25) is 0 Å². The van der Waals surface area contributed by atoms with Gasteiger partial charge in [-0.3, -0.25) is 14.9 Å². The molecular formula is C23H22N4O4S. The quantitative estimate of drug-likeness (QED) is 0.558. The molecule has 32 heavy (non-hydrogen) atoms. The molecule has 0 saturated carbocycles. The minimum atomic E-state index is -1.09. The van der Waals surface area contributed by atoms with Crippen LogP contribution in [0, 0.1) is 6.92 Å². The standard InChI is InChI=1S/C23H22N4O4S/c1-14-17-5-3-4-6-18(17)32-19(14)12-26(2)20(28)8-7-15-9-16-11-27(13-21(29)30)23(31)25-22(16)24-10-15/h3-10H,11-13H2,1-2H3,(H,29,30)(H,24,25,31). The van der Waals surface area contributed by atoms with Crippen LogP contribution in [0.3, 0.4) is 0 Å². The van der Waals surface area contributed by atoms with Crippen LogP contribution in [0.5, 0.6) is 0 Å². The SMILES string of the molecule is Cc1c(CN(C)C(=O)C=Cc2cnc3c(c2)CN(CC(=O)O)C(=O)N3)sc2ccccc12. The highest BCUT2D eigenvalue weighted by Gasteiger charge is 2.25. The zero-order valence-corrected chi connectivity index (χ0v) is 18.5. The highest BCUT2D eigenvalue weighted by molar-refractivity contribution is 7.19. The fourth-order valence-corrected chi connectivity index (χ4v) is 4.83. The van der Waals surface area contributed by atoms with Gasteiger partial charge >= 0.3 is 12.0 Å². The molecule has 0 fully saturated rings. The number of carbonyl (C=O) groups is 3. The zero-order chi connectivity index (χ0) is 22.8. The average Bonchev–Trinajstić information content (AvgIpc) is 3.07. The summed E-state index contributed by atoms with van der Waals surface area (Å²) < 4.78 is 1.21. The number of fused-ring (bicyclic) bond motifs is 2. The Hall–Kier alpha value is -3.72. The molecule has 1 aliphatic heterocycles. The number of likely N-dealkylation sites (N-methyl/N-ethyl adjacent to an activating group) is 1. The summed E-state index contributed by atoms with van der Waals surface area (Å²) in [5, 5.41) is 12.8. The van der Waals surface area contributed by atoms with Crippen LogP contribution in [0.15, 0.2) is 42.6 Å². The van der Waals surface area contributed by atoms with Gasteiger partial charge in [-0.15, -0.1) is 11.3 Å². The van der Waals surface area contributed by atoms with Crippen LogP contribution in [0.1, 0.15) is 21.6 Å². The maximum absolute atomic E-state index is 12.6. The Morgan fingerprint density at radius 3 is 2.88 bits per heavy atom. The Bertz CT molecular complexity index is 1250. The number of anilines is 1. The molecule has 2 N–H and O–H groups in total. The summed E-state index contributed by atoms with van der Waals surface area (Å²) in [4.78, 5) is 43.8. The van der Waals surface area contributed by atoms with Crippen molar-refractivity contribution in [3.05, 3.63) is 64.2 Å². The van der Waals surface area contributed by atoms with Crippen molar-refractivity contribution in [1.29, 1.82) is 0 Å². The Balaban J connectivity index is 1.44. The molecule has 9 heteroatoms. The first-order valence-electron chi connectivity index (χ1n) is 9.98. The molecule has 1 aliphatic rings. The van der Waals surface area contributed by atoms with Crippen LogP contribution >= 0.6 is 11.3 Å². The van der Waals surface area contributed by atoms with E-state index in [1.807, 2.05) is 12.1 Å². The summed E-state index contributed by atoms with van der Waals surface area (Å²) in [6.45, 7) is 2.34. The molecule has 164 valence electrons. The summed E-state index contributed by atoms with van der Waals surface area (Å²) in [5.74, 6) is -0.826. The number of aryl methyl sites for hydroxylation is 1. The van der Waals surface area contributed by atoms with Gasteiger partial charge in [-0.2, -0.15) is 0 Å². The number of urea groups is 1. The number of hydrogen-bond acceptors (Lipinski definition) is 5. The van der Waals surface area contributed by atoms with Crippen molar-refractivity contribution >= 4 is 51.2 Å². The summed E-state index contributed by atoms with van der Waals surface area (Å²) in [7, 11) is 1.76. The van der Waals surface area contributed by atoms with Gasteiger partial charge in [0.15, 0.2) is 0 Å². The fraction of sp³-hybridized carbons (Fsp3) is 0.217. The first kappa shape index (κ1) is 21.5. The molecule has 3 aromatic rings. The van der Waals surface area contributed by atoms with Crippen molar-refractivity contribution in [2.24, 2.45) is 0 Å². The van der Waals surface area contributed by atoms with Crippen molar-refractivity contribution < 1.29 is 19.5 Å². The number of amides is 3. The number of carboxylic acids is 1. The second kappa shape index (κ2) is 8.80. The molecule has 3 heterocycles. The van der Waals surface area contributed by atoms with E-state index in [-0.39, 0.29) is 12.5 Å². The number of nitrogens with zero attached hydrogens (tertiary/aromatic N) is 3. The van der Waals surface area contributed by atoms with Gasteiger partial charge in [-0.1, -0.05) is 18.2 Å². The van der Waals surface area contributed by atoms with Crippen LogP contribution in [-0.4, -0.2) is 51.4 Å². The van der Waals surface area contributed by atoms with Crippen LogP contribution in [0.4, 0.5) is 10.6 Å². The predicted octanol–water partition coefficient (Wildman–Crippen LogP) is 3.71. The number of carboxylic acid groups (broad SMARTS) is 1. The smallest absolute Gasteiger partial charge is 0.323 e. The van der Waals surface area contributed by atoms with Gasteiger partial charge in [0.1, 0.15) is 12.4 Å². The summed E-state index contributed by atoms with van der Waals surface area (Å²) in [5.41, 5.74) is 2.57. The lowest BCUT2D eigenvalue weighted by Crippen LogP contribution is -2.41. The Labute approximate surface area is 188 Å². The summed E-state index contributed by atoms with van der Waals surface area (Å²) in [6, 6.07) is 9.50. The van der Waals surface area contributed by atoms with E-state index in [2.05, 4.69) is 29.4 Å². The normalized spacial score (nSPS) is 13.3. The molecule has 0 atom stereocenters. The fourth-order valence-electron chi connectivity index (χ4n) is 3.57. The molecule has 0 aliphatic carbocycles. The van der Waals surface area contributed by atoms with Crippen molar-refractivity contribution in [1.82, 2.24) is 14.8 Å². The average molecular weight is 451 g/mol. The van der Waals surface area contributed by atoms with Crippen molar-refractivity contribution in [3.8, 4) is 0 Å². The van der Waals surface area contributed by atoms with Gasteiger partial charge in [0.25, 0.3) is 0 Å². The number of rotatable bonds is 6. The van der Waals surface area contributed by atoms with Crippen molar-refractivity contribution in [2.75, 3.05) is 18.9 Å². The molecule has 0 bridgehead atoms. The number of nitrogens with one attached hydrogen (secondary N) is 1. The number of hydrogen-bond donors (Lipinski definition) is 2. The lowest BCUT2D eigenvalue weighted by atomic mass is 10.1. The van der Waals surface area contributed by atoms with E-state index in [9.17, 15) is 14.4 Å². The largest absolute Gasteiger partial charge is 0.480 e. The number of aliphatic carboxylic acids is 1. The minimum Gasteiger partial charge on any atom is -0.480 e. The van der Waals surface area contributed by atoms with Gasteiger partial charge in [0.05, 0.1) is 13.1 Å². The molecule has 0 unspecified atom stereocenters. The number of thiophene rings is 1. The maximum Gasteiger partial charge on any atom is 0.323 e. The molecular weight excluding hydrogens is 428 g/mol. The highest BCUT2D eigenvalue weighted by Crippen LogP contribution is 2.31. The lowest BCUT2D eigenvalue weighted by Gasteiger charge is -2.27. The van der Waals surface area contributed by atoms with Crippen LogP contribution in [0.25, 0.3) is 16.2 Å². The van der Waals surface area contributed by atoms with Gasteiger partial charge in [-0.05, 0) is 41.6 Å². The predicted molar refractivity (Wildman–Crippen MR) is 123 cm³/mol. The first-order chi connectivity index (χ1) is 15.3. The van der Waals surface area contributed by atoms with Gasteiger partial charge in [0, 0.05) is 34.5 Å². The second-order valence-electron chi connectivity index (χ2n) is 7.63. The van der Waals surface area contributed by atoms with E-state index in [1.54, 1.807) is 41.6 Å². The molecule has 1 aromatic carbocycles. The first-order valence-corrected chi connectivity index (χ1v) is 10.8. The number of aromatic nitrogens is 1. The lowest BCUT2D eigenvalue weighted by molar-refractivity contribution is -0.137. The number of pyridine rings is 1. The van der Waals surface area contributed by atoms with Gasteiger partial charge < -0.3 is 14.9 Å². The number of carbonyl (C=O) groups excluding carboxylic acids is 2. The molecule has 0 spiro atoms. The molecule has 4 rings (SSSR count). The third-order valence-electron chi connectivity index (χ3n) is 5.31. The van der Waals surface area contributed by atoms with Crippen molar-refractivity contribution in [2.45, 2.75) is 20.0 Å². The molecule has 3 amide bonds. The molecule has 8 nitrogen and oxygen atoms in total. The molecule has 2 aromatic heterocycles. The topological polar surface area (TPSA) is 103 Å². The van der Waals surface area contributed by atoms with E-state index < -0.39 is 18.5 Å². The molecule has 0 radical (unpaired) electrons. The zero-order valence-electron chi connectivity index (χ0n) is 17.7. The maximum atomic E-state index is 12.6. The Morgan fingerprint density at radius 2 is 2.12 bits per heavy atom. The third kappa shape index (κ3) is 4.47. The van der Waals surface area contributed by atoms with Gasteiger partial charge in [0.2, 0.25) is 5.91 Å². The third-order valence-corrected chi connectivity index (χ3v) is 6.56. The van der Waals surface area contributed by atoms with Crippen LogP contribution < -0.4 is 5.32 Å². The Kier molecular flexibility index (Phi) is 5.91. The molecule has 0 saturated heterocycles. The summed E-state index contributed by atoms with van der Waals surface area (Å²) in [6.07, 6.45) is 4.72. The number of benzene rings is 1. The van der Waals surface area contributed by atoms with E-state index in [1.165, 1.54) is 26.6 Å². The van der Waals surface area contributed by atoms with E-state index in [0.717, 1.165) is 4.88 Å². The Morgan fingerprint density at radius 1 is 1.34 bits per heavy atom. The minimum absolute atomic E-state index is 0.139. The van der Waals surface area contributed by atoms with E-state index in [4.69, 9.17) is 5.11 Å². The monoisotopic (exact) mass is 450 g/mol. The van der Waals surface area contributed by atoms with Crippen LogP contribution in [-0.2, 0) is 22.7 Å². The van der Waals surface area contributed by atoms with E-state index in [0.29, 0.717) is 23.5 Å². The van der Waals surface area contributed by atoms with Gasteiger partial charge in [-0.25, -0.2) is 9.78 Å². The highest BCUT2D eigenvalue weighted by atomic mass is 32.1. The second-order valence-corrected chi connectivity index (χ2v) is 8.77. The van der Waals surface area contributed by atoms with E-state index >= 15 is 0 Å². The summed E-state index contributed by atoms with van der Waals surface area (Å²) >= 11 is 1.70.